The lowest BCUT2D eigenvalue weighted by Crippen LogP contribution is -2.00. The van der Waals surface area contributed by atoms with Crippen LogP contribution < -0.4 is 0 Å². The Morgan fingerprint density at radius 3 is 2.59 bits per heavy atom. The van der Waals surface area contributed by atoms with Crippen LogP contribution in [0.3, 0.4) is 0 Å². The molecular weight excluding hydrogens is 246 g/mol. The Bertz CT molecular complexity index is 618. The molecule has 0 aromatic heterocycles. The molecular formula is C11H6ClNO4. The molecule has 0 bridgehead atoms. The van der Waals surface area contributed by atoms with Crippen LogP contribution in [0.2, 0.25) is 5.02 Å². The first-order chi connectivity index (χ1) is 8.02. The van der Waals surface area contributed by atoms with Gasteiger partial charge in [0.1, 0.15) is 0 Å². The van der Waals surface area contributed by atoms with Crippen LogP contribution in [0.15, 0.2) is 30.3 Å². The molecule has 2 rings (SSSR count). The van der Waals surface area contributed by atoms with Crippen LogP contribution in [-0.4, -0.2) is 16.0 Å². The van der Waals surface area contributed by atoms with E-state index < -0.39 is 10.9 Å². The number of nitrogens with zero attached hydrogens (tertiary/aromatic N) is 1. The maximum absolute atomic E-state index is 11.0. The lowest BCUT2D eigenvalue weighted by atomic mass is 10.0. The number of aromatic carboxylic acids is 1. The molecule has 0 unspecified atom stereocenters. The zero-order valence-electron chi connectivity index (χ0n) is 8.38. The van der Waals surface area contributed by atoms with Crippen molar-refractivity contribution in [1.29, 1.82) is 0 Å². The summed E-state index contributed by atoms with van der Waals surface area (Å²) in [6, 6.07) is 6.96. The second-order valence-corrected chi connectivity index (χ2v) is 3.76. The van der Waals surface area contributed by atoms with Crippen molar-refractivity contribution < 1.29 is 14.8 Å². The Labute approximate surface area is 100 Å². The van der Waals surface area contributed by atoms with Gasteiger partial charge in [-0.1, -0.05) is 23.7 Å². The maximum atomic E-state index is 11.0. The summed E-state index contributed by atoms with van der Waals surface area (Å²) in [5.74, 6) is -1.22. The van der Waals surface area contributed by atoms with Gasteiger partial charge >= 0.3 is 5.97 Å². The third kappa shape index (κ3) is 1.81. The minimum atomic E-state index is -1.22. The first-order valence-electron chi connectivity index (χ1n) is 4.61. The number of benzene rings is 2. The molecule has 0 fully saturated rings. The second-order valence-electron chi connectivity index (χ2n) is 3.36. The first-order valence-corrected chi connectivity index (χ1v) is 4.99. The number of nitro benzene ring substituents is 1. The standard InChI is InChI=1S/C11H6ClNO4/c12-8-4-5-9(13(16)17)10-6(8)2-1-3-7(10)11(14)15/h1-5H,(H,14,15). The van der Waals surface area contributed by atoms with Gasteiger partial charge in [-0.2, -0.15) is 0 Å². The van der Waals surface area contributed by atoms with E-state index in [4.69, 9.17) is 16.7 Å². The highest BCUT2D eigenvalue weighted by atomic mass is 35.5. The third-order valence-electron chi connectivity index (χ3n) is 2.39. The van der Waals surface area contributed by atoms with Gasteiger partial charge in [0.05, 0.1) is 15.9 Å². The van der Waals surface area contributed by atoms with Gasteiger partial charge in [0.25, 0.3) is 5.69 Å². The second kappa shape index (κ2) is 4.03. The number of rotatable bonds is 2. The predicted molar refractivity (Wildman–Crippen MR) is 62.6 cm³/mol. The third-order valence-corrected chi connectivity index (χ3v) is 2.72. The van der Waals surface area contributed by atoms with Crippen molar-refractivity contribution in [1.82, 2.24) is 0 Å². The average molecular weight is 252 g/mol. The number of carboxylic acid groups (broad SMARTS) is 1. The molecule has 0 aliphatic carbocycles. The largest absolute Gasteiger partial charge is 0.478 e. The summed E-state index contributed by atoms with van der Waals surface area (Å²) < 4.78 is 0. The van der Waals surface area contributed by atoms with Crippen molar-refractivity contribution in [2.24, 2.45) is 0 Å². The van der Waals surface area contributed by atoms with Crippen molar-refractivity contribution in [3.8, 4) is 0 Å². The lowest BCUT2D eigenvalue weighted by molar-refractivity contribution is -0.383. The number of hydrogen-bond acceptors (Lipinski definition) is 3. The maximum Gasteiger partial charge on any atom is 0.336 e. The number of carboxylic acids is 1. The minimum Gasteiger partial charge on any atom is -0.478 e. The van der Waals surface area contributed by atoms with Gasteiger partial charge in [-0.05, 0) is 12.1 Å². The lowest BCUT2D eigenvalue weighted by Gasteiger charge is -2.04. The molecule has 0 saturated carbocycles. The topological polar surface area (TPSA) is 80.4 Å². The zero-order chi connectivity index (χ0) is 12.6. The Hall–Kier alpha value is -2.14. The fraction of sp³-hybridized carbons (Fsp3) is 0. The molecule has 0 atom stereocenters. The molecule has 17 heavy (non-hydrogen) atoms. The number of fused-ring (bicyclic) bond motifs is 1. The first kappa shape index (κ1) is 11.3. The Balaban J connectivity index is 2.99. The van der Waals surface area contributed by atoms with Gasteiger partial charge in [-0.3, -0.25) is 10.1 Å². The molecule has 1 N–H and O–H groups in total. The molecule has 0 aliphatic heterocycles. The zero-order valence-corrected chi connectivity index (χ0v) is 9.14. The summed E-state index contributed by atoms with van der Waals surface area (Å²) >= 11 is 5.89. The monoisotopic (exact) mass is 251 g/mol. The van der Waals surface area contributed by atoms with Crippen LogP contribution in [0.1, 0.15) is 10.4 Å². The van der Waals surface area contributed by atoms with E-state index in [0.717, 1.165) is 0 Å². The van der Waals surface area contributed by atoms with Gasteiger partial charge in [0.15, 0.2) is 0 Å². The van der Waals surface area contributed by atoms with E-state index in [2.05, 4.69) is 0 Å². The van der Waals surface area contributed by atoms with E-state index in [0.29, 0.717) is 5.39 Å². The highest BCUT2D eigenvalue weighted by Gasteiger charge is 2.20. The average Bonchev–Trinajstić information content (AvgIpc) is 2.28. The van der Waals surface area contributed by atoms with Crippen LogP contribution in [0, 0.1) is 10.1 Å². The van der Waals surface area contributed by atoms with Crippen molar-refractivity contribution in [2.45, 2.75) is 0 Å². The van der Waals surface area contributed by atoms with Crippen molar-refractivity contribution in [2.75, 3.05) is 0 Å². The van der Waals surface area contributed by atoms with Crippen molar-refractivity contribution in [3.05, 3.63) is 51.0 Å². The van der Waals surface area contributed by atoms with E-state index in [9.17, 15) is 14.9 Å². The Morgan fingerprint density at radius 1 is 1.29 bits per heavy atom. The SMILES string of the molecule is O=C(O)c1cccc2c(Cl)ccc([N+](=O)[O-])c12. The van der Waals surface area contributed by atoms with Crippen molar-refractivity contribution in [3.63, 3.8) is 0 Å². The van der Waals surface area contributed by atoms with Crippen LogP contribution >= 0.6 is 11.6 Å². The van der Waals surface area contributed by atoms with Crippen LogP contribution in [0.5, 0.6) is 0 Å². The smallest absolute Gasteiger partial charge is 0.336 e. The molecule has 86 valence electrons. The van der Waals surface area contributed by atoms with Crippen LogP contribution in [0.4, 0.5) is 5.69 Å². The van der Waals surface area contributed by atoms with E-state index in [-0.39, 0.29) is 21.7 Å². The number of halogens is 1. The molecule has 0 heterocycles. The highest BCUT2D eigenvalue weighted by molar-refractivity contribution is 6.36. The number of nitro groups is 1. The van der Waals surface area contributed by atoms with Crippen LogP contribution in [-0.2, 0) is 0 Å². The molecule has 2 aromatic rings. The predicted octanol–water partition coefficient (Wildman–Crippen LogP) is 3.10. The number of non-ortho nitro benzene ring substituents is 1. The summed E-state index contributed by atoms with van der Waals surface area (Å²) in [5.41, 5.74) is -0.390. The number of hydrogen-bond donors (Lipinski definition) is 1. The molecule has 2 aromatic carbocycles. The minimum absolute atomic E-state index is 0.0532. The molecule has 0 aliphatic rings. The summed E-state index contributed by atoms with van der Waals surface area (Å²) in [6.45, 7) is 0. The van der Waals surface area contributed by atoms with Gasteiger partial charge in [-0.25, -0.2) is 4.79 Å². The van der Waals surface area contributed by atoms with E-state index in [1.165, 1.54) is 24.3 Å². The normalized spacial score (nSPS) is 10.4. The number of carbonyl (C=O) groups is 1. The molecule has 0 spiro atoms. The summed E-state index contributed by atoms with van der Waals surface area (Å²) in [4.78, 5) is 21.3. The van der Waals surface area contributed by atoms with Gasteiger partial charge in [0, 0.05) is 16.5 Å². The summed E-state index contributed by atoms with van der Waals surface area (Å²) in [6.07, 6.45) is 0. The highest BCUT2D eigenvalue weighted by Crippen LogP contribution is 2.33. The summed E-state index contributed by atoms with van der Waals surface area (Å²) in [5, 5.41) is 20.6. The van der Waals surface area contributed by atoms with Crippen LogP contribution in [0.25, 0.3) is 10.8 Å². The molecule has 0 saturated heterocycles. The van der Waals surface area contributed by atoms with E-state index >= 15 is 0 Å². The molecule has 0 amide bonds. The molecule has 6 heteroatoms. The van der Waals surface area contributed by atoms with Crippen molar-refractivity contribution >= 4 is 34.0 Å². The van der Waals surface area contributed by atoms with Gasteiger partial charge < -0.3 is 5.11 Å². The summed E-state index contributed by atoms with van der Waals surface area (Å²) in [7, 11) is 0. The van der Waals surface area contributed by atoms with E-state index in [1.54, 1.807) is 6.07 Å². The van der Waals surface area contributed by atoms with E-state index in [1.807, 2.05) is 0 Å². The molecule has 0 radical (unpaired) electrons. The quantitative estimate of drug-likeness (QED) is 0.657. The Kier molecular flexibility index (Phi) is 2.69. The fourth-order valence-electron chi connectivity index (χ4n) is 1.68. The molecule has 5 nitrogen and oxygen atoms in total. The fourth-order valence-corrected chi connectivity index (χ4v) is 1.90. The van der Waals surface area contributed by atoms with Gasteiger partial charge in [0.2, 0.25) is 0 Å². The van der Waals surface area contributed by atoms with Gasteiger partial charge in [-0.15, -0.1) is 0 Å². The Morgan fingerprint density at radius 2 is 2.00 bits per heavy atom.